The Morgan fingerprint density at radius 2 is 1.53 bits per heavy atom. The molecule has 9 amide bonds. The third-order valence-electron chi connectivity index (χ3n) is 13.3. The van der Waals surface area contributed by atoms with Gasteiger partial charge < -0.3 is 56.7 Å². The van der Waals surface area contributed by atoms with E-state index in [0.29, 0.717) is 103 Å². The number of imide groups is 1. The third kappa shape index (κ3) is 12.9. The number of nitrogens with zero attached hydrogens (tertiary/aromatic N) is 4. The Morgan fingerprint density at radius 1 is 0.797 bits per heavy atom. The summed E-state index contributed by atoms with van der Waals surface area (Å²) in [6, 6.07) is 21.1. The van der Waals surface area contributed by atoms with Gasteiger partial charge >= 0.3 is 12.1 Å². The SMILES string of the molecule is CN1CCN(C(=O)Oc2cc3c(c4ccccc24)C[C@@H](CCl)N3C(=O)c2cc3cc(NC(=O)c4ccc(NC(=O)[C@H](CCCNC(N)=O)NCCNC(=O)CCCCCN5C(=O)C=CC5=O)cc4)ccc3[nH]2)CC1. The number of H-pyrrole nitrogens is 1. The molecule has 5 aromatic rings. The van der Waals surface area contributed by atoms with E-state index in [2.05, 4.69) is 36.5 Å². The maximum absolute atomic E-state index is 14.5. The molecule has 21 heteroatoms. The fourth-order valence-electron chi connectivity index (χ4n) is 9.33. The number of hydrogen-bond donors (Lipinski definition) is 7. The van der Waals surface area contributed by atoms with E-state index in [0.717, 1.165) is 29.4 Å². The number of nitrogens with one attached hydrogen (secondary N) is 6. The number of carbonyl (C=O) groups excluding carboxylic acids is 8. The van der Waals surface area contributed by atoms with Gasteiger partial charge in [-0.2, -0.15) is 0 Å². The second kappa shape index (κ2) is 24.3. The van der Waals surface area contributed by atoms with Crippen LogP contribution in [0.15, 0.2) is 91.0 Å². The summed E-state index contributed by atoms with van der Waals surface area (Å²) in [6.07, 6.45) is 5.46. The standard InChI is InChI=1S/C53H60ClN11O9/c1-62-24-26-63(27-25-62)53(73)74-45-31-44-40(38-8-4-5-9-39(38)45)30-37(32-54)65(44)51(71)43-29-34-28-36(16-17-41(34)61-43)60-49(69)33-12-14-35(15-13-33)59-50(70)42(10-7-20-58-52(55)72)56-21-22-57-46(66)11-3-2-6-23-64-47(67)18-19-48(64)68/h4-5,8-9,12-19,28-29,31,37,42,56,61H,2-3,6-7,10-11,20-27,30,32H2,1H3,(H,57,66)(H,59,70)(H,60,69)(H3,55,58,72)/t37-,42-/m0/s1. The average Bonchev–Trinajstić information content (AvgIpc) is 4.09. The number of anilines is 3. The Morgan fingerprint density at radius 3 is 2.26 bits per heavy atom. The summed E-state index contributed by atoms with van der Waals surface area (Å²) in [5.41, 5.74) is 9.00. The monoisotopic (exact) mass is 1030 g/mol. The molecule has 3 aliphatic rings. The van der Waals surface area contributed by atoms with Crippen LogP contribution in [-0.2, 0) is 25.6 Å². The summed E-state index contributed by atoms with van der Waals surface area (Å²) in [5.74, 6) is -1.35. The number of aromatic nitrogens is 1. The van der Waals surface area contributed by atoms with E-state index >= 15 is 0 Å². The van der Waals surface area contributed by atoms with Gasteiger partial charge in [-0.3, -0.25) is 33.7 Å². The van der Waals surface area contributed by atoms with Crippen LogP contribution in [0.1, 0.15) is 64.9 Å². The van der Waals surface area contributed by atoms with E-state index in [4.69, 9.17) is 22.1 Å². The minimum absolute atomic E-state index is 0.165. The van der Waals surface area contributed by atoms with Crippen LogP contribution in [0.2, 0.25) is 0 Å². The van der Waals surface area contributed by atoms with Crippen LogP contribution in [0, 0.1) is 0 Å². The van der Waals surface area contributed by atoms with Crippen molar-refractivity contribution in [3.63, 3.8) is 0 Å². The number of fused-ring (bicyclic) bond motifs is 4. The molecular formula is C53H60ClN11O9. The summed E-state index contributed by atoms with van der Waals surface area (Å²) < 4.78 is 6.05. The maximum Gasteiger partial charge on any atom is 0.415 e. The van der Waals surface area contributed by atoms with Crippen LogP contribution in [0.25, 0.3) is 21.7 Å². The molecule has 1 fully saturated rings. The lowest BCUT2D eigenvalue weighted by atomic mass is 10.0. The Balaban J connectivity index is 0.854. The number of alkyl halides is 1. The first-order chi connectivity index (χ1) is 35.8. The lowest BCUT2D eigenvalue weighted by molar-refractivity contribution is -0.137. The first-order valence-corrected chi connectivity index (χ1v) is 25.3. The molecule has 4 heterocycles. The molecule has 74 heavy (non-hydrogen) atoms. The number of primary amides is 1. The van der Waals surface area contributed by atoms with E-state index in [1.54, 1.807) is 64.4 Å². The highest BCUT2D eigenvalue weighted by Crippen LogP contribution is 2.43. The number of benzene rings is 4. The highest BCUT2D eigenvalue weighted by molar-refractivity contribution is 6.20. The van der Waals surface area contributed by atoms with E-state index in [-0.39, 0.29) is 67.5 Å². The minimum Gasteiger partial charge on any atom is -0.409 e. The van der Waals surface area contributed by atoms with Gasteiger partial charge in [0.2, 0.25) is 11.8 Å². The zero-order chi connectivity index (χ0) is 52.3. The molecule has 8 rings (SSSR count). The summed E-state index contributed by atoms with van der Waals surface area (Å²) >= 11 is 6.55. The molecule has 1 aromatic heterocycles. The fourth-order valence-corrected chi connectivity index (χ4v) is 9.58. The van der Waals surface area contributed by atoms with Crippen molar-refractivity contribution >= 4 is 97.9 Å². The molecule has 0 spiro atoms. The Labute approximate surface area is 432 Å². The number of halogens is 1. The molecule has 2 atom stereocenters. The summed E-state index contributed by atoms with van der Waals surface area (Å²) in [6.45, 7) is 3.69. The number of carbonyl (C=O) groups is 8. The van der Waals surface area contributed by atoms with Crippen molar-refractivity contribution in [1.82, 2.24) is 35.6 Å². The van der Waals surface area contributed by atoms with E-state index in [1.807, 2.05) is 31.3 Å². The Hall–Kier alpha value is -7.81. The number of rotatable bonds is 21. The van der Waals surface area contributed by atoms with Gasteiger partial charge in [0.25, 0.3) is 23.6 Å². The van der Waals surface area contributed by atoms with Crippen LogP contribution in [-0.4, -0.2) is 145 Å². The summed E-state index contributed by atoms with van der Waals surface area (Å²) in [7, 11) is 2.01. The summed E-state index contributed by atoms with van der Waals surface area (Å²) in [4.78, 5) is 112. The molecule has 0 bridgehead atoms. The summed E-state index contributed by atoms with van der Waals surface area (Å²) in [5, 5.41) is 16.6. The van der Waals surface area contributed by atoms with Gasteiger partial charge in [0.15, 0.2) is 0 Å². The average molecular weight is 1030 g/mol. The van der Waals surface area contributed by atoms with Gasteiger partial charge in [-0.25, -0.2) is 9.59 Å². The highest BCUT2D eigenvalue weighted by atomic mass is 35.5. The van der Waals surface area contributed by atoms with Crippen molar-refractivity contribution in [3.8, 4) is 5.75 Å². The van der Waals surface area contributed by atoms with E-state index in [1.165, 1.54) is 17.1 Å². The molecule has 0 aliphatic carbocycles. The molecule has 0 unspecified atom stereocenters. The first-order valence-electron chi connectivity index (χ1n) is 24.8. The van der Waals surface area contributed by atoms with Gasteiger partial charge in [0, 0.05) is 116 Å². The smallest absolute Gasteiger partial charge is 0.409 e. The number of likely N-dealkylation sites (N-methyl/N-ethyl adjacent to an activating group) is 1. The second-order valence-corrected chi connectivity index (χ2v) is 18.8. The first kappa shape index (κ1) is 52.5. The number of unbranched alkanes of at least 4 members (excludes halogenated alkanes) is 2. The highest BCUT2D eigenvalue weighted by Gasteiger charge is 2.37. The molecule has 0 radical (unpaired) electrons. The van der Waals surface area contributed by atoms with Crippen LogP contribution in [0.4, 0.5) is 26.7 Å². The molecule has 3 aliphatic heterocycles. The molecule has 4 aromatic carbocycles. The van der Waals surface area contributed by atoms with Crippen molar-refractivity contribution in [2.24, 2.45) is 5.73 Å². The minimum atomic E-state index is -0.695. The van der Waals surface area contributed by atoms with Gasteiger partial charge in [-0.15, -0.1) is 11.6 Å². The largest absolute Gasteiger partial charge is 0.415 e. The molecule has 0 saturated carbocycles. The zero-order valence-electron chi connectivity index (χ0n) is 41.0. The normalized spacial score (nSPS) is 15.9. The van der Waals surface area contributed by atoms with Crippen molar-refractivity contribution < 1.29 is 43.1 Å². The predicted octanol–water partition coefficient (Wildman–Crippen LogP) is 5.08. The number of ether oxygens (including phenoxy) is 1. The lowest BCUT2D eigenvalue weighted by Crippen LogP contribution is -2.48. The van der Waals surface area contributed by atoms with Crippen molar-refractivity contribution in [2.45, 2.75) is 57.0 Å². The topological polar surface area (TPSA) is 261 Å². The molecule has 8 N–H and O–H groups in total. The van der Waals surface area contributed by atoms with Crippen LogP contribution < -0.4 is 42.0 Å². The fraction of sp³-hybridized carbons (Fsp3) is 0.358. The van der Waals surface area contributed by atoms with Crippen LogP contribution >= 0.6 is 11.6 Å². The molecule has 388 valence electrons. The molecule has 1 saturated heterocycles. The Kier molecular flexibility index (Phi) is 17.2. The van der Waals surface area contributed by atoms with Gasteiger partial charge in [0.1, 0.15) is 11.4 Å². The van der Waals surface area contributed by atoms with E-state index < -0.39 is 24.1 Å². The predicted molar refractivity (Wildman–Crippen MR) is 281 cm³/mol. The van der Waals surface area contributed by atoms with Crippen molar-refractivity contribution in [3.05, 3.63) is 108 Å². The quantitative estimate of drug-likeness (QED) is 0.0290. The molecule has 20 nitrogen and oxygen atoms in total. The number of aromatic amines is 1. The number of nitrogens with two attached hydrogens (primary N) is 1. The number of piperazine rings is 1. The maximum atomic E-state index is 14.5. The van der Waals surface area contributed by atoms with Gasteiger partial charge in [-0.1, -0.05) is 30.7 Å². The van der Waals surface area contributed by atoms with Crippen LogP contribution in [0.3, 0.4) is 0 Å². The molecular weight excluding hydrogens is 970 g/mol. The van der Waals surface area contributed by atoms with Crippen molar-refractivity contribution in [2.75, 3.05) is 80.8 Å². The van der Waals surface area contributed by atoms with E-state index in [9.17, 15) is 38.4 Å². The Bertz CT molecular complexity index is 2950. The third-order valence-corrected chi connectivity index (χ3v) is 13.7. The van der Waals surface area contributed by atoms with Gasteiger partial charge in [-0.05, 0) is 98.6 Å². The zero-order valence-corrected chi connectivity index (χ0v) is 41.8. The number of amides is 9. The van der Waals surface area contributed by atoms with Crippen LogP contribution in [0.5, 0.6) is 5.75 Å². The van der Waals surface area contributed by atoms with Gasteiger partial charge in [0.05, 0.1) is 17.8 Å². The van der Waals surface area contributed by atoms with Crippen molar-refractivity contribution in [1.29, 1.82) is 0 Å². The lowest BCUT2D eigenvalue weighted by Gasteiger charge is -2.31. The number of urea groups is 1. The number of hydrogen-bond acceptors (Lipinski definition) is 11. The second-order valence-electron chi connectivity index (χ2n) is 18.5.